The number of hydrogen-bond donors (Lipinski definition) is 2. The lowest BCUT2D eigenvalue weighted by atomic mass is 10.2. The average molecular weight is 298 g/mol. The molecule has 0 aliphatic rings. The first-order valence-corrected chi connectivity index (χ1v) is 6.30. The molecule has 1 heterocycles. The van der Waals surface area contributed by atoms with Gasteiger partial charge in [0, 0.05) is 12.1 Å². The summed E-state index contributed by atoms with van der Waals surface area (Å²) in [6, 6.07) is 2.85. The highest BCUT2D eigenvalue weighted by molar-refractivity contribution is 6.32. The molecule has 108 valence electrons. The van der Waals surface area contributed by atoms with Gasteiger partial charge in [0.2, 0.25) is 0 Å². The van der Waals surface area contributed by atoms with Crippen LogP contribution in [0.1, 0.15) is 11.7 Å². The van der Waals surface area contributed by atoms with E-state index in [0.29, 0.717) is 27.9 Å². The molecule has 3 N–H and O–H groups in total. The van der Waals surface area contributed by atoms with Crippen LogP contribution in [0, 0.1) is 0 Å². The van der Waals surface area contributed by atoms with Crippen molar-refractivity contribution >= 4 is 11.6 Å². The summed E-state index contributed by atoms with van der Waals surface area (Å²) in [5, 5.41) is 9.65. The van der Waals surface area contributed by atoms with Gasteiger partial charge < -0.3 is 20.3 Å². The largest absolute Gasteiger partial charge is 0.495 e. The van der Waals surface area contributed by atoms with E-state index in [1.54, 1.807) is 36.3 Å². The Kier molecular flexibility index (Phi) is 4.49. The molecule has 6 nitrogen and oxygen atoms in total. The molecule has 1 unspecified atom stereocenters. The van der Waals surface area contributed by atoms with Crippen LogP contribution in [-0.4, -0.2) is 35.5 Å². The SMILES string of the molecule is COc1cc(-n2cncc2C(N)CO)c(OC)cc1Cl. The first kappa shape index (κ1) is 14.6. The number of aromatic nitrogens is 2. The third-order valence-corrected chi connectivity index (χ3v) is 3.25. The predicted molar refractivity (Wildman–Crippen MR) is 75.7 cm³/mol. The summed E-state index contributed by atoms with van der Waals surface area (Å²) in [5.74, 6) is 1.07. The van der Waals surface area contributed by atoms with E-state index in [9.17, 15) is 5.11 Å². The van der Waals surface area contributed by atoms with Gasteiger partial charge in [0.05, 0.1) is 55.8 Å². The maximum Gasteiger partial charge on any atom is 0.144 e. The smallest absolute Gasteiger partial charge is 0.144 e. The standard InChI is InChI=1S/C13H16ClN3O3/c1-19-12-4-10(13(20-2)3-8(12)14)17-7-16-5-11(17)9(15)6-18/h3-5,7,9,18H,6,15H2,1-2H3. The summed E-state index contributed by atoms with van der Waals surface area (Å²) in [4.78, 5) is 4.06. The molecule has 0 fully saturated rings. The first-order valence-electron chi connectivity index (χ1n) is 5.93. The molecule has 2 aromatic rings. The van der Waals surface area contributed by atoms with Gasteiger partial charge in [-0.3, -0.25) is 4.57 Å². The molecule has 0 amide bonds. The minimum Gasteiger partial charge on any atom is -0.495 e. The molecule has 0 spiro atoms. The number of ether oxygens (including phenoxy) is 2. The van der Waals surface area contributed by atoms with Gasteiger partial charge in [0.1, 0.15) is 11.5 Å². The fourth-order valence-electron chi connectivity index (χ4n) is 1.91. The van der Waals surface area contributed by atoms with E-state index >= 15 is 0 Å². The number of nitrogens with two attached hydrogens (primary N) is 1. The van der Waals surface area contributed by atoms with Gasteiger partial charge in [-0.15, -0.1) is 0 Å². The van der Waals surface area contributed by atoms with E-state index in [0.717, 1.165) is 0 Å². The molecule has 2 rings (SSSR count). The fourth-order valence-corrected chi connectivity index (χ4v) is 2.14. The summed E-state index contributed by atoms with van der Waals surface area (Å²) in [6.07, 6.45) is 3.19. The second-order valence-electron chi connectivity index (χ2n) is 4.14. The number of benzene rings is 1. The van der Waals surface area contributed by atoms with Gasteiger partial charge in [-0.1, -0.05) is 11.6 Å². The highest BCUT2D eigenvalue weighted by atomic mass is 35.5. The number of aliphatic hydroxyl groups excluding tert-OH is 1. The van der Waals surface area contributed by atoms with E-state index < -0.39 is 6.04 Å². The Hall–Kier alpha value is -1.76. The molecule has 20 heavy (non-hydrogen) atoms. The van der Waals surface area contributed by atoms with Crippen molar-refractivity contribution in [1.29, 1.82) is 0 Å². The minimum absolute atomic E-state index is 0.182. The van der Waals surface area contributed by atoms with Gasteiger partial charge in [-0.05, 0) is 0 Å². The summed E-state index contributed by atoms with van der Waals surface area (Å²) in [7, 11) is 3.08. The molecule has 0 saturated carbocycles. The normalized spacial score (nSPS) is 12.2. The van der Waals surface area contributed by atoms with E-state index in [-0.39, 0.29) is 6.61 Å². The monoisotopic (exact) mass is 297 g/mol. The lowest BCUT2D eigenvalue weighted by molar-refractivity contribution is 0.264. The molecule has 0 aliphatic heterocycles. The van der Waals surface area contributed by atoms with Crippen LogP contribution in [0.4, 0.5) is 0 Å². The highest BCUT2D eigenvalue weighted by Gasteiger charge is 2.17. The molecule has 1 atom stereocenters. The zero-order chi connectivity index (χ0) is 14.7. The van der Waals surface area contributed by atoms with Crippen LogP contribution in [0.15, 0.2) is 24.7 Å². The Morgan fingerprint density at radius 1 is 1.35 bits per heavy atom. The van der Waals surface area contributed by atoms with Gasteiger partial charge in [0.15, 0.2) is 0 Å². The van der Waals surface area contributed by atoms with Crippen molar-refractivity contribution in [2.75, 3.05) is 20.8 Å². The third-order valence-electron chi connectivity index (χ3n) is 2.96. The van der Waals surface area contributed by atoms with Crippen molar-refractivity contribution in [3.8, 4) is 17.2 Å². The zero-order valence-electron chi connectivity index (χ0n) is 11.2. The molecule has 7 heteroatoms. The quantitative estimate of drug-likeness (QED) is 0.874. The van der Waals surface area contributed by atoms with Crippen LogP contribution in [0.5, 0.6) is 11.5 Å². The van der Waals surface area contributed by atoms with Crippen LogP contribution in [0.2, 0.25) is 5.02 Å². The molecule has 0 aliphatic carbocycles. The number of rotatable bonds is 5. The summed E-state index contributed by atoms with van der Waals surface area (Å²) in [6.45, 7) is -0.182. The van der Waals surface area contributed by atoms with Crippen LogP contribution >= 0.6 is 11.6 Å². The first-order chi connectivity index (χ1) is 9.62. The van der Waals surface area contributed by atoms with E-state index in [4.69, 9.17) is 26.8 Å². The third kappa shape index (κ3) is 2.58. The maximum atomic E-state index is 9.21. The van der Waals surface area contributed by atoms with Gasteiger partial charge in [-0.2, -0.15) is 0 Å². The van der Waals surface area contributed by atoms with Crippen molar-refractivity contribution < 1.29 is 14.6 Å². The van der Waals surface area contributed by atoms with E-state index in [1.807, 2.05) is 0 Å². The predicted octanol–water partition coefficient (Wildman–Crippen LogP) is 1.53. The van der Waals surface area contributed by atoms with E-state index in [2.05, 4.69) is 4.98 Å². The van der Waals surface area contributed by atoms with Crippen LogP contribution in [-0.2, 0) is 0 Å². The lowest BCUT2D eigenvalue weighted by Crippen LogP contribution is -2.18. The van der Waals surface area contributed by atoms with Crippen LogP contribution in [0.3, 0.4) is 0 Å². The maximum absolute atomic E-state index is 9.21. The average Bonchev–Trinajstić information content (AvgIpc) is 2.95. The van der Waals surface area contributed by atoms with Crippen LogP contribution in [0.25, 0.3) is 5.69 Å². The Bertz CT molecular complexity index is 601. The minimum atomic E-state index is -0.538. The summed E-state index contributed by atoms with van der Waals surface area (Å²) >= 11 is 6.08. The second kappa shape index (κ2) is 6.13. The lowest BCUT2D eigenvalue weighted by Gasteiger charge is -2.16. The van der Waals surface area contributed by atoms with Crippen molar-refractivity contribution in [3.63, 3.8) is 0 Å². The van der Waals surface area contributed by atoms with E-state index in [1.165, 1.54) is 7.11 Å². The molecule has 0 saturated heterocycles. The number of imidazole rings is 1. The number of aliphatic hydroxyl groups is 1. The van der Waals surface area contributed by atoms with Crippen molar-refractivity contribution in [2.24, 2.45) is 5.73 Å². The topological polar surface area (TPSA) is 82.5 Å². The Morgan fingerprint density at radius 2 is 2.05 bits per heavy atom. The van der Waals surface area contributed by atoms with Gasteiger partial charge >= 0.3 is 0 Å². The van der Waals surface area contributed by atoms with Crippen LogP contribution < -0.4 is 15.2 Å². The number of halogens is 1. The van der Waals surface area contributed by atoms with Gasteiger partial charge in [0.25, 0.3) is 0 Å². The number of methoxy groups -OCH3 is 2. The molecule has 1 aromatic carbocycles. The molecule has 0 radical (unpaired) electrons. The van der Waals surface area contributed by atoms with Crippen molar-refractivity contribution in [1.82, 2.24) is 9.55 Å². The number of hydrogen-bond acceptors (Lipinski definition) is 5. The Balaban J connectivity index is 2.60. The summed E-state index contributed by atoms with van der Waals surface area (Å²) in [5.41, 5.74) is 7.21. The highest BCUT2D eigenvalue weighted by Crippen LogP contribution is 2.35. The van der Waals surface area contributed by atoms with Gasteiger partial charge in [-0.25, -0.2) is 4.98 Å². The molecular formula is C13H16ClN3O3. The number of nitrogens with zero attached hydrogens (tertiary/aromatic N) is 2. The van der Waals surface area contributed by atoms with Crippen molar-refractivity contribution in [3.05, 3.63) is 35.4 Å². The Labute approximate surface area is 121 Å². The fraction of sp³-hybridized carbons (Fsp3) is 0.308. The molecule has 1 aromatic heterocycles. The summed E-state index contributed by atoms with van der Waals surface area (Å²) < 4.78 is 12.3. The van der Waals surface area contributed by atoms with Crippen molar-refractivity contribution in [2.45, 2.75) is 6.04 Å². The second-order valence-corrected chi connectivity index (χ2v) is 4.54. The molecular weight excluding hydrogens is 282 g/mol. The zero-order valence-corrected chi connectivity index (χ0v) is 12.0. The Morgan fingerprint density at radius 3 is 2.65 bits per heavy atom. The molecule has 0 bridgehead atoms.